The third-order valence-corrected chi connectivity index (χ3v) is 5.67. The SMILES string of the molecule is O=C(/C=C/c1cccnc1)NCCC1C2CN(c3cccc(Cl)c3)CC12. The molecule has 0 radical (unpaired) electrons. The highest BCUT2D eigenvalue weighted by Gasteiger charge is 2.54. The fourth-order valence-electron chi connectivity index (χ4n) is 4.03. The Labute approximate surface area is 158 Å². The van der Waals surface area contributed by atoms with Crippen molar-refractivity contribution in [2.75, 3.05) is 24.5 Å². The molecule has 2 unspecified atom stereocenters. The molecule has 1 saturated carbocycles. The quantitative estimate of drug-likeness (QED) is 0.793. The van der Waals surface area contributed by atoms with Crippen LogP contribution in [0.15, 0.2) is 54.9 Å². The minimum absolute atomic E-state index is 0.0415. The number of benzene rings is 1. The number of anilines is 1. The van der Waals surface area contributed by atoms with Gasteiger partial charge in [-0.05, 0) is 60.1 Å². The molecular formula is C21H22ClN3O. The first kappa shape index (κ1) is 17.1. The lowest BCUT2D eigenvalue weighted by Gasteiger charge is -2.22. The van der Waals surface area contributed by atoms with Crippen LogP contribution in [0.25, 0.3) is 6.08 Å². The second-order valence-electron chi connectivity index (χ2n) is 7.08. The number of aromatic nitrogens is 1. The Kier molecular flexibility index (Phi) is 4.93. The number of nitrogens with zero attached hydrogens (tertiary/aromatic N) is 2. The lowest BCUT2D eigenvalue weighted by Crippen LogP contribution is -2.26. The van der Waals surface area contributed by atoms with E-state index in [-0.39, 0.29) is 5.91 Å². The molecule has 2 aliphatic rings. The van der Waals surface area contributed by atoms with Gasteiger partial charge in [0.15, 0.2) is 0 Å². The van der Waals surface area contributed by atoms with Crippen molar-refractivity contribution in [3.05, 3.63) is 65.5 Å². The molecule has 1 aromatic carbocycles. The Morgan fingerprint density at radius 2 is 2.12 bits per heavy atom. The molecule has 1 N–H and O–H groups in total. The number of piperidine rings is 1. The van der Waals surface area contributed by atoms with Crippen LogP contribution in [-0.2, 0) is 4.79 Å². The molecule has 134 valence electrons. The molecule has 2 fully saturated rings. The second kappa shape index (κ2) is 7.50. The molecule has 4 rings (SSSR count). The normalized spacial score (nSPS) is 23.9. The van der Waals surface area contributed by atoms with E-state index in [1.54, 1.807) is 24.5 Å². The van der Waals surface area contributed by atoms with Crippen molar-refractivity contribution < 1.29 is 4.79 Å². The van der Waals surface area contributed by atoms with Crippen molar-refractivity contribution in [2.24, 2.45) is 17.8 Å². The lowest BCUT2D eigenvalue weighted by atomic mass is 10.2. The summed E-state index contributed by atoms with van der Waals surface area (Å²) >= 11 is 6.09. The molecule has 2 aromatic rings. The van der Waals surface area contributed by atoms with Crippen LogP contribution in [-0.4, -0.2) is 30.5 Å². The van der Waals surface area contributed by atoms with E-state index >= 15 is 0 Å². The van der Waals surface area contributed by atoms with Gasteiger partial charge in [-0.1, -0.05) is 23.7 Å². The summed E-state index contributed by atoms with van der Waals surface area (Å²) in [7, 11) is 0. The average molecular weight is 368 g/mol. The molecule has 1 aliphatic heterocycles. The van der Waals surface area contributed by atoms with Crippen LogP contribution in [0.3, 0.4) is 0 Å². The zero-order valence-electron chi connectivity index (χ0n) is 14.5. The Balaban J connectivity index is 1.18. The van der Waals surface area contributed by atoms with Gasteiger partial charge in [0.25, 0.3) is 0 Å². The van der Waals surface area contributed by atoms with Crippen molar-refractivity contribution in [1.82, 2.24) is 10.3 Å². The van der Waals surface area contributed by atoms with Gasteiger partial charge in [-0.2, -0.15) is 0 Å². The van der Waals surface area contributed by atoms with E-state index in [1.807, 2.05) is 30.3 Å². The summed E-state index contributed by atoms with van der Waals surface area (Å²) in [6.45, 7) is 2.94. The molecule has 0 spiro atoms. The standard InChI is InChI=1S/C21H22ClN3O/c22-16-4-1-5-17(11-16)25-13-19-18(20(19)14-25)8-10-24-21(26)7-6-15-3-2-9-23-12-15/h1-7,9,11-12,18-20H,8,10,13-14H2,(H,24,26)/b7-6+. The summed E-state index contributed by atoms with van der Waals surface area (Å²) in [4.78, 5) is 18.3. The first-order valence-electron chi connectivity index (χ1n) is 9.07. The Hall–Kier alpha value is -2.33. The topological polar surface area (TPSA) is 45.2 Å². The highest BCUT2D eigenvalue weighted by Crippen LogP contribution is 2.54. The maximum Gasteiger partial charge on any atom is 0.244 e. The van der Waals surface area contributed by atoms with E-state index in [9.17, 15) is 4.79 Å². The van der Waals surface area contributed by atoms with Gasteiger partial charge >= 0.3 is 0 Å². The fourth-order valence-corrected chi connectivity index (χ4v) is 4.21. The fraction of sp³-hybridized carbons (Fsp3) is 0.333. The maximum absolute atomic E-state index is 11.9. The molecule has 26 heavy (non-hydrogen) atoms. The third-order valence-electron chi connectivity index (χ3n) is 5.43. The van der Waals surface area contributed by atoms with Gasteiger partial charge in [0.2, 0.25) is 5.91 Å². The summed E-state index contributed by atoms with van der Waals surface area (Å²) in [6, 6.07) is 11.9. The smallest absolute Gasteiger partial charge is 0.244 e. The van der Waals surface area contributed by atoms with Crippen molar-refractivity contribution >= 4 is 29.3 Å². The van der Waals surface area contributed by atoms with Crippen LogP contribution in [0.5, 0.6) is 0 Å². The predicted molar refractivity (Wildman–Crippen MR) is 105 cm³/mol. The first-order chi connectivity index (χ1) is 12.7. The van der Waals surface area contributed by atoms with Crippen molar-refractivity contribution in [2.45, 2.75) is 6.42 Å². The van der Waals surface area contributed by atoms with Gasteiger partial charge in [-0.15, -0.1) is 0 Å². The molecule has 1 aliphatic carbocycles. The summed E-state index contributed by atoms with van der Waals surface area (Å²) in [6.07, 6.45) is 7.88. The van der Waals surface area contributed by atoms with Gasteiger partial charge in [0.1, 0.15) is 0 Å². The van der Waals surface area contributed by atoms with Gasteiger partial charge < -0.3 is 10.2 Å². The Bertz CT molecular complexity index is 796. The lowest BCUT2D eigenvalue weighted by molar-refractivity contribution is -0.116. The number of fused-ring (bicyclic) bond motifs is 1. The van der Waals surface area contributed by atoms with Gasteiger partial charge in [0.05, 0.1) is 0 Å². The van der Waals surface area contributed by atoms with E-state index in [0.717, 1.165) is 54.4 Å². The number of carbonyl (C=O) groups is 1. The molecule has 5 heteroatoms. The summed E-state index contributed by atoms with van der Waals surface area (Å²) in [5.41, 5.74) is 2.15. The summed E-state index contributed by atoms with van der Waals surface area (Å²) in [5.74, 6) is 2.22. The number of hydrogen-bond acceptors (Lipinski definition) is 3. The first-order valence-corrected chi connectivity index (χ1v) is 9.45. The van der Waals surface area contributed by atoms with Gasteiger partial charge in [0, 0.05) is 48.8 Å². The van der Waals surface area contributed by atoms with Crippen LogP contribution in [0, 0.1) is 17.8 Å². The largest absolute Gasteiger partial charge is 0.371 e. The Morgan fingerprint density at radius 1 is 1.27 bits per heavy atom. The van der Waals surface area contributed by atoms with Gasteiger partial charge in [-0.25, -0.2) is 0 Å². The molecule has 2 heterocycles. The van der Waals surface area contributed by atoms with E-state index in [1.165, 1.54) is 5.69 Å². The molecular weight excluding hydrogens is 346 g/mol. The number of hydrogen-bond donors (Lipinski definition) is 1. The average Bonchev–Trinajstić information content (AvgIpc) is 3.10. The molecule has 1 aromatic heterocycles. The minimum Gasteiger partial charge on any atom is -0.371 e. The number of amides is 1. The van der Waals surface area contributed by atoms with Gasteiger partial charge in [-0.3, -0.25) is 9.78 Å². The monoisotopic (exact) mass is 367 g/mol. The minimum atomic E-state index is -0.0415. The molecule has 4 nitrogen and oxygen atoms in total. The maximum atomic E-state index is 11.9. The number of halogens is 1. The van der Waals surface area contributed by atoms with E-state index < -0.39 is 0 Å². The zero-order chi connectivity index (χ0) is 17.9. The molecule has 0 bridgehead atoms. The van der Waals surface area contributed by atoms with Crippen LogP contribution in [0.2, 0.25) is 5.02 Å². The third kappa shape index (κ3) is 3.91. The zero-order valence-corrected chi connectivity index (χ0v) is 15.3. The molecule has 2 atom stereocenters. The van der Waals surface area contributed by atoms with Crippen LogP contribution < -0.4 is 10.2 Å². The van der Waals surface area contributed by atoms with E-state index in [4.69, 9.17) is 11.6 Å². The highest BCUT2D eigenvalue weighted by atomic mass is 35.5. The van der Waals surface area contributed by atoms with E-state index in [0.29, 0.717) is 0 Å². The second-order valence-corrected chi connectivity index (χ2v) is 7.51. The summed E-state index contributed by atoms with van der Waals surface area (Å²) < 4.78 is 0. The van der Waals surface area contributed by atoms with E-state index in [2.05, 4.69) is 21.3 Å². The highest BCUT2D eigenvalue weighted by molar-refractivity contribution is 6.30. The number of nitrogens with one attached hydrogen (secondary N) is 1. The molecule has 1 saturated heterocycles. The van der Waals surface area contributed by atoms with Crippen LogP contribution >= 0.6 is 11.6 Å². The molecule has 1 amide bonds. The van der Waals surface area contributed by atoms with Crippen molar-refractivity contribution in [1.29, 1.82) is 0 Å². The summed E-state index contributed by atoms with van der Waals surface area (Å²) in [5, 5.41) is 3.78. The predicted octanol–water partition coefficient (Wildman–Crippen LogP) is 3.64. The van der Waals surface area contributed by atoms with Crippen LogP contribution in [0.4, 0.5) is 5.69 Å². The number of rotatable bonds is 6. The van der Waals surface area contributed by atoms with Crippen LogP contribution in [0.1, 0.15) is 12.0 Å². The Morgan fingerprint density at radius 3 is 2.85 bits per heavy atom. The van der Waals surface area contributed by atoms with Crippen molar-refractivity contribution in [3.8, 4) is 0 Å². The number of pyridine rings is 1. The number of carbonyl (C=O) groups excluding carboxylic acids is 1. The van der Waals surface area contributed by atoms with Crippen molar-refractivity contribution in [3.63, 3.8) is 0 Å².